The van der Waals surface area contributed by atoms with E-state index in [0.29, 0.717) is 18.8 Å². The molecule has 0 aliphatic carbocycles. The van der Waals surface area contributed by atoms with Crippen molar-refractivity contribution in [3.05, 3.63) is 18.2 Å². The number of hydrogen-bond donors (Lipinski definition) is 2. The molecule has 1 amide bonds. The summed E-state index contributed by atoms with van der Waals surface area (Å²) in [5.74, 6) is 0.804. The van der Waals surface area contributed by atoms with Gasteiger partial charge in [0.15, 0.2) is 0 Å². The van der Waals surface area contributed by atoms with E-state index in [0.717, 1.165) is 24.3 Å². The van der Waals surface area contributed by atoms with E-state index < -0.39 is 5.60 Å². The molecular weight excluding hydrogens is 318 g/mol. The number of nitrogens with one attached hydrogen (secondary N) is 1. The standard InChI is InChI=1S/C19H31N3O3/c1-13(2)24-15-6-7-16(20)17(12-15)21-14-8-10-22(11-9-14)18(23)25-19(3,4)5/h6-7,12-14,21H,8-11,20H2,1-5H3. The Bertz CT molecular complexity index is 588. The summed E-state index contributed by atoms with van der Waals surface area (Å²) in [5, 5.41) is 3.49. The summed E-state index contributed by atoms with van der Waals surface area (Å²) in [5.41, 5.74) is 7.20. The van der Waals surface area contributed by atoms with Crippen LogP contribution in [0.4, 0.5) is 16.2 Å². The third-order valence-electron chi connectivity index (χ3n) is 3.90. The van der Waals surface area contributed by atoms with E-state index in [1.807, 2.05) is 52.8 Å². The first-order valence-electron chi connectivity index (χ1n) is 8.94. The quantitative estimate of drug-likeness (QED) is 0.807. The van der Waals surface area contributed by atoms with E-state index in [9.17, 15) is 4.79 Å². The number of carbonyl (C=O) groups is 1. The van der Waals surface area contributed by atoms with Crippen molar-refractivity contribution in [2.24, 2.45) is 0 Å². The molecule has 2 rings (SSSR count). The molecule has 1 aromatic rings. The second-order valence-corrected chi connectivity index (χ2v) is 7.80. The molecule has 1 saturated heterocycles. The first-order valence-corrected chi connectivity index (χ1v) is 8.94. The Kier molecular flexibility index (Phi) is 6.03. The molecule has 1 fully saturated rings. The highest BCUT2D eigenvalue weighted by atomic mass is 16.6. The van der Waals surface area contributed by atoms with Crippen LogP contribution in [0.5, 0.6) is 5.75 Å². The highest BCUT2D eigenvalue weighted by molar-refractivity contribution is 5.69. The molecule has 0 unspecified atom stereocenters. The summed E-state index contributed by atoms with van der Waals surface area (Å²) in [7, 11) is 0. The second kappa shape index (κ2) is 7.85. The minimum Gasteiger partial charge on any atom is -0.491 e. The average molecular weight is 349 g/mol. The third kappa shape index (κ3) is 6.03. The Morgan fingerprint density at radius 3 is 2.48 bits per heavy atom. The summed E-state index contributed by atoms with van der Waals surface area (Å²) < 4.78 is 11.2. The molecule has 1 heterocycles. The molecule has 3 N–H and O–H groups in total. The van der Waals surface area contributed by atoms with Gasteiger partial charge in [-0.2, -0.15) is 0 Å². The third-order valence-corrected chi connectivity index (χ3v) is 3.90. The van der Waals surface area contributed by atoms with Crippen LogP contribution < -0.4 is 15.8 Å². The van der Waals surface area contributed by atoms with Crippen LogP contribution in [0.1, 0.15) is 47.5 Å². The molecule has 140 valence electrons. The molecule has 0 bridgehead atoms. The van der Waals surface area contributed by atoms with Crippen LogP contribution in [0.2, 0.25) is 0 Å². The zero-order chi connectivity index (χ0) is 18.6. The van der Waals surface area contributed by atoms with E-state index in [2.05, 4.69) is 5.32 Å². The lowest BCUT2D eigenvalue weighted by molar-refractivity contribution is 0.0210. The molecule has 0 atom stereocenters. The maximum Gasteiger partial charge on any atom is 0.410 e. The van der Waals surface area contributed by atoms with Crippen LogP contribution in [0.25, 0.3) is 0 Å². The lowest BCUT2D eigenvalue weighted by Crippen LogP contribution is -2.44. The van der Waals surface area contributed by atoms with Gasteiger partial charge >= 0.3 is 6.09 Å². The van der Waals surface area contributed by atoms with Crippen molar-refractivity contribution in [1.82, 2.24) is 4.90 Å². The van der Waals surface area contributed by atoms with Gasteiger partial charge in [-0.1, -0.05) is 0 Å². The van der Waals surface area contributed by atoms with Crippen molar-refractivity contribution in [2.45, 2.75) is 65.2 Å². The van der Waals surface area contributed by atoms with Gasteiger partial charge in [0.05, 0.1) is 17.5 Å². The van der Waals surface area contributed by atoms with Gasteiger partial charge in [0, 0.05) is 25.2 Å². The minimum atomic E-state index is -0.461. The van der Waals surface area contributed by atoms with E-state index >= 15 is 0 Å². The van der Waals surface area contributed by atoms with Crippen molar-refractivity contribution in [3.63, 3.8) is 0 Å². The van der Waals surface area contributed by atoms with Gasteiger partial charge in [0.1, 0.15) is 11.4 Å². The predicted octanol–water partition coefficient (Wildman–Crippen LogP) is 3.87. The van der Waals surface area contributed by atoms with E-state index in [1.165, 1.54) is 0 Å². The lowest BCUT2D eigenvalue weighted by Gasteiger charge is -2.34. The number of carbonyl (C=O) groups excluding carboxylic acids is 1. The first-order chi connectivity index (χ1) is 11.6. The van der Waals surface area contributed by atoms with Gasteiger partial charge in [-0.05, 0) is 59.6 Å². The molecule has 0 spiro atoms. The molecule has 0 saturated carbocycles. The molecule has 1 aliphatic rings. The smallest absolute Gasteiger partial charge is 0.410 e. The maximum atomic E-state index is 12.1. The van der Waals surface area contributed by atoms with Crippen LogP contribution in [0, 0.1) is 0 Å². The van der Waals surface area contributed by atoms with Gasteiger partial charge in [0.25, 0.3) is 0 Å². The van der Waals surface area contributed by atoms with Crippen LogP contribution in [0.15, 0.2) is 18.2 Å². The van der Waals surface area contributed by atoms with Gasteiger partial charge in [0.2, 0.25) is 0 Å². The van der Waals surface area contributed by atoms with Gasteiger partial charge in [-0.3, -0.25) is 0 Å². The zero-order valence-electron chi connectivity index (χ0n) is 16.0. The number of nitrogens with zero attached hydrogens (tertiary/aromatic N) is 1. The summed E-state index contributed by atoms with van der Waals surface area (Å²) in [6.07, 6.45) is 1.59. The van der Waals surface area contributed by atoms with Crippen LogP contribution in [-0.2, 0) is 4.74 Å². The summed E-state index contributed by atoms with van der Waals surface area (Å²) in [6, 6.07) is 5.95. The molecule has 0 aromatic heterocycles. The molecule has 6 heteroatoms. The fourth-order valence-electron chi connectivity index (χ4n) is 2.76. The Morgan fingerprint density at radius 1 is 1.28 bits per heavy atom. The van der Waals surface area contributed by atoms with E-state index in [-0.39, 0.29) is 18.2 Å². The Balaban J connectivity index is 1.90. The summed E-state index contributed by atoms with van der Waals surface area (Å²) in [6.45, 7) is 11.0. The summed E-state index contributed by atoms with van der Waals surface area (Å²) in [4.78, 5) is 13.9. The van der Waals surface area contributed by atoms with Gasteiger partial charge in [-0.15, -0.1) is 0 Å². The molecule has 6 nitrogen and oxygen atoms in total. The van der Waals surface area contributed by atoms with Gasteiger partial charge in [-0.25, -0.2) is 4.79 Å². The molecule has 1 aliphatic heterocycles. The van der Waals surface area contributed by atoms with Crippen LogP contribution >= 0.6 is 0 Å². The Morgan fingerprint density at radius 2 is 1.92 bits per heavy atom. The fourth-order valence-corrected chi connectivity index (χ4v) is 2.76. The monoisotopic (exact) mass is 349 g/mol. The summed E-state index contributed by atoms with van der Waals surface area (Å²) >= 11 is 0. The van der Waals surface area contributed by atoms with Crippen LogP contribution in [0.3, 0.4) is 0 Å². The molecule has 25 heavy (non-hydrogen) atoms. The zero-order valence-corrected chi connectivity index (χ0v) is 16.0. The Hall–Kier alpha value is -2.11. The number of nitrogens with two attached hydrogens (primary N) is 1. The number of benzene rings is 1. The number of anilines is 2. The number of ether oxygens (including phenoxy) is 2. The molecular formula is C19H31N3O3. The van der Waals surface area contributed by atoms with E-state index in [4.69, 9.17) is 15.2 Å². The average Bonchev–Trinajstić information content (AvgIpc) is 2.49. The number of nitrogen functional groups attached to an aromatic ring is 1. The largest absolute Gasteiger partial charge is 0.491 e. The molecule has 0 radical (unpaired) electrons. The lowest BCUT2D eigenvalue weighted by atomic mass is 10.0. The number of hydrogen-bond acceptors (Lipinski definition) is 5. The highest BCUT2D eigenvalue weighted by Gasteiger charge is 2.27. The van der Waals surface area contributed by atoms with Crippen LogP contribution in [-0.4, -0.2) is 41.8 Å². The predicted molar refractivity (Wildman–Crippen MR) is 101 cm³/mol. The number of amides is 1. The number of rotatable bonds is 4. The minimum absolute atomic E-state index is 0.119. The maximum absolute atomic E-state index is 12.1. The van der Waals surface area contributed by atoms with E-state index in [1.54, 1.807) is 4.90 Å². The fraction of sp³-hybridized carbons (Fsp3) is 0.632. The first kappa shape index (κ1) is 19.2. The topological polar surface area (TPSA) is 76.8 Å². The van der Waals surface area contributed by atoms with Crippen molar-refractivity contribution in [3.8, 4) is 5.75 Å². The van der Waals surface area contributed by atoms with Crippen molar-refractivity contribution < 1.29 is 14.3 Å². The normalized spacial score (nSPS) is 16.0. The number of likely N-dealkylation sites (tertiary alicyclic amines) is 1. The van der Waals surface area contributed by atoms with Crippen molar-refractivity contribution in [2.75, 3.05) is 24.1 Å². The van der Waals surface area contributed by atoms with Crippen molar-refractivity contribution in [1.29, 1.82) is 0 Å². The Labute approximate surface area is 150 Å². The number of piperidine rings is 1. The SMILES string of the molecule is CC(C)Oc1ccc(N)c(NC2CCN(C(=O)OC(C)(C)C)CC2)c1. The molecule has 1 aromatic carbocycles. The highest BCUT2D eigenvalue weighted by Crippen LogP contribution is 2.28. The van der Waals surface area contributed by atoms with Gasteiger partial charge < -0.3 is 25.4 Å². The van der Waals surface area contributed by atoms with Crippen molar-refractivity contribution >= 4 is 17.5 Å². The second-order valence-electron chi connectivity index (χ2n) is 7.80.